The molecule has 1 aromatic carbocycles. The van der Waals surface area contributed by atoms with E-state index in [1.807, 2.05) is 0 Å². The van der Waals surface area contributed by atoms with E-state index < -0.39 is 0 Å². The van der Waals surface area contributed by atoms with Gasteiger partial charge in [-0.2, -0.15) is 0 Å². The molecule has 1 nitrogen and oxygen atoms in total. The summed E-state index contributed by atoms with van der Waals surface area (Å²) in [5.74, 6) is 0. The molecule has 0 amide bonds. The Balaban J connectivity index is 2.11. The molecule has 0 aliphatic heterocycles. The van der Waals surface area contributed by atoms with E-state index in [2.05, 4.69) is 70.5 Å². The number of halogens is 1. The fraction of sp³-hybridized carbons (Fsp3) is 0.231. The minimum Gasteiger partial charge on any atom is -0.369 e. The van der Waals surface area contributed by atoms with E-state index in [1.165, 1.54) is 20.6 Å². The van der Waals surface area contributed by atoms with Crippen LogP contribution in [0.25, 0.3) is 0 Å². The predicted octanol–water partition coefficient (Wildman–Crippen LogP) is 4.46. The first kappa shape index (κ1) is 11.7. The second-order valence-electron chi connectivity index (χ2n) is 3.93. The fourth-order valence-corrected chi connectivity index (χ4v) is 3.13. The summed E-state index contributed by atoms with van der Waals surface area (Å²) in [6.07, 6.45) is 0. The van der Waals surface area contributed by atoms with Crippen molar-refractivity contribution in [2.75, 3.05) is 11.9 Å². The number of benzene rings is 1. The number of hydrogen-bond acceptors (Lipinski definition) is 2. The average Bonchev–Trinajstić information content (AvgIpc) is 2.64. The molecule has 0 radical (unpaired) electrons. The molecule has 0 saturated carbocycles. The Labute approximate surface area is 109 Å². The first-order valence-electron chi connectivity index (χ1n) is 5.16. The molecule has 0 aliphatic rings. The third-order valence-corrected chi connectivity index (χ3v) is 4.14. The minimum atomic E-state index is 0.958. The molecule has 0 atom stereocenters. The molecular weight excluding hydrogens is 282 g/mol. The Morgan fingerprint density at radius 1 is 1.31 bits per heavy atom. The highest BCUT2D eigenvalue weighted by Crippen LogP contribution is 2.23. The highest BCUT2D eigenvalue weighted by Gasteiger charge is 2.04. The zero-order valence-corrected chi connectivity index (χ0v) is 11.8. The average molecular weight is 296 g/mol. The summed E-state index contributed by atoms with van der Waals surface area (Å²) < 4.78 is 1.17. The normalized spacial score (nSPS) is 10.4. The predicted molar refractivity (Wildman–Crippen MR) is 75.3 cm³/mol. The lowest BCUT2D eigenvalue weighted by Gasteiger charge is -2.18. The number of aryl methyl sites for hydroxylation is 1. The SMILES string of the molecule is Cc1cccc(N(C)Cc2cc(Br)cs2)c1. The Morgan fingerprint density at radius 3 is 2.75 bits per heavy atom. The zero-order valence-electron chi connectivity index (χ0n) is 9.40. The van der Waals surface area contributed by atoms with Crippen molar-refractivity contribution >= 4 is 33.0 Å². The molecule has 2 aromatic rings. The molecule has 0 N–H and O–H groups in total. The van der Waals surface area contributed by atoms with Gasteiger partial charge in [-0.15, -0.1) is 11.3 Å². The maximum atomic E-state index is 3.48. The molecule has 0 bridgehead atoms. The van der Waals surface area contributed by atoms with Gasteiger partial charge in [-0.25, -0.2) is 0 Å². The number of anilines is 1. The van der Waals surface area contributed by atoms with Gasteiger partial charge in [0.2, 0.25) is 0 Å². The van der Waals surface area contributed by atoms with Gasteiger partial charge in [-0.1, -0.05) is 12.1 Å². The van der Waals surface area contributed by atoms with Crippen molar-refractivity contribution in [1.82, 2.24) is 0 Å². The van der Waals surface area contributed by atoms with E-state index in [4.69, 9.17) is 0 Å². The lowest BCUT2D eigenvalue weighted by molar-refractivity contribution is 0.939. The summed E-state index contributed by atoms with van der Waals surface area (Å²) in [6.45, 7) is 3.08. The third kappa shape index (κ3) is 2.86. The fourth-order valence-electron chi connectivity index (χ4n) is 1.63. The van der Waals surface area contributed by atoms with Crippen LogP contribution in [0.2, 0.25) is 0 Å². The van der Waals surface area contributed by atoms with Gasteiger partial charge in [0.05, 0.1) is 6.54 Å². The van der Waals surface area contributed by atoms with E-state index in [0.717, 1.165) is 6.54 Å². The van der Waals surface area contributed by atoms with Crippen LogP contribution >= 0.6 is 27.3 Å². The van der Waals surface area contributed by atoms with Crippen LogP contribution in [0, 0.1) is 6.92 Å². The van der Waals surface area contributed by atoms with Crippen LogP contribution in [0.1, 0.15) is 10.4 Å². The maximum absolute atomic E-state index is 3.48. The van der Waals surface area contributed by atoms with Gasteiger partial charge in [0, 0.05) is 27.5 Å². The van der Waals surface area contributed by atoms with Gasteiger partial charge in [0.15, 0.2) is 0 Å². The van der Waals surface area contributed by atoms with E-state index in [-0.39, 0.29) is 0 Å². The summed E-state index contributed by atoms with van der Waals surface area (Å²) in [7, 11) is 2.13. The molecule has 1 heterocycles. The standard InChI is InChI=1S/C13H14BrNS/c1-10-4-3-5-12(6-10)15(2)8-13-7-11(14)9-16-13/h3-7,9H,8H2,1-2H3. The number of thiophene rings is 1. The molecule has 0 fully saturated rings. The van der Waals surface area contributed by atoms with Crippen molar-refractivity contribution in [3.63, 3.8) is 0 Å². The molecule has 2 rings (SSSR count). The van der Waals surface area contributed by atoms with Gasteiger partial charge in [0.1, 0.15) is 0 Å². The highest BCUT2D eigenvalue weighted by atomic mass is 79.9. The van der Waals surface area contributed by atoms with Crippen molar-refractivity contribution in [3.05, 3.63) is 50.6 Å². The van der Waals surface area contributed by atoms with Gasteiger partial charge in [-0.3, -0.25) is 0 Å². The van der Waals surface area contributed by atoms with E-state index in [1.54, 1.807) is 11.3 Å². The second kappa shape index (κ2) is 5.02. The van der Waals surface area contributed by atoms with Crippen LogP contribution in [0.15, 0.2) is 40.2 Å². The van der Waals surface area contributed by atoms with Crippen molar-refractivity contribution in [2.24, 2.45) is 0 Å². The molecule has 84 valence electrons. The minimum absolute atomic E-state index is 0.958. The van der Waals surface area contributed by atoms with E-state index in [9.17, 15) is 0 Å². The molecule has 1 aromatic heterocycles. The number of rotatable bonds is 3. The van der Waals surface area contributed by atoms with Gasteiger partial charge in [-0.05, 0) is 46.6 Å². The van der Waals surface area contributed by atoms with Crippen LogP contribution < -0.4 is 4.90 Å². The van der Waals surface area contributed by atoms with Gasteiger partial charge >= 0.3 is 0 Å². The lowest BCUT2D eigenvalue weighted by Crippen LogP contribution is -2.15. The van der Waals surface area contributed by atoms with Gasteiger partial charge in [0.25, 0.3) is 0 Å². The summed E-state index contributed by atoms with van der Waals surface area (Å²) >= 11 is 5.27. The number of nitrogens with zero attached hydrogens (tertiary/aromatic N) is 1. The van der Waals surface area contributed by atoms with Crippen LogP contribution in [-0.2, 0) is 6.54 Å². The van der Waals surface area contributed by atoms with Crippen molar-refractivity contribution in [2.45, 2.75) is 13.5 Å². The quantitative estimate of drug-likeness (QED) is 0.808. The molecule has 3 heteroatoms. The number of hydrogen-bond donors (Lipinski definition) is 0. The van der Waals surface area contributed by atoms with E-state index >= 15 is 0 Å². The Kier molecular flexibility index (Phi) is 3.66. The first-order valence-corrected chi connectivity index (χ1v) is 6.83. The monoisotopic (exact) mass is 295 g/mol. The van der Waals surface area contributed by atoms with Crippen LogP contribution in [0.3, 0.4) is 0 Å². The second-order valence-corrected chi connectivity index (χ2v) is 5.84. The van der Waals surface area contributed by atoms with Crippen molar-refractivity contribution < 1.29 is 0 Å². The summed E-state index contributed by atoms with van der Waals surface area (Å²) in [4.78, 5) is 3.64. The highest BCUT2D eigenvalue weighted by molar-refractivity contribution is 9.10. The Bertz CT molecular complexity index is 478. The molecule has 16 heavy (non-hydrogen) atoms. The lowest BCUT2D eigenvalue weighted by atomic mass is 10.2. The van der Waals surface area contributed by atoms with Crippen molar-refractivity contribution in [3.8, 4) is 0 Å². The summed E-state index contributed by atoms with van der Waals surface area (Å²) in [6, 6.07) is 10.8. The molecule has 0 spiro atoms. The Hall–Kier alpha value is -0.800. The van der Waals surface area contributed by atoms with Crippen LogP contribution in [-0.4, -0.2) is 7.05 Å². The molecule has 0 saturated heterocycles. The third-order valence-electron chi connectivity index (χ3n) is 2.46. The first-order chi connectivity index (χ1) is 7.65. The largest absolute Gasteiger partial charge is 0.369 e. The molecule has 0 aliphatic carbocycles. The summed E-state index contributed by atoms with van der Waals surface area (Å²) in [5, 5.41) is 2.12. The van der Waals surface area contributed by atoms with Gasteiger partial charge < -0.3 is 4.90 Å². The van der Waals surface area contributed by atoms with Crippen molar-refractivity contribution in [1.29, 1.82) is 0 Å². The smallest absolute Gasteiger partial charge is 0.0519 e. The molecule has 0 unspecified atom stereocenters. The maximum Gasteiger partial charge on any atom is 0.0519 e. The Morgan fingerprint density at radius 2 is 2.12 bits per heavy atom. The van der Waals surface area contributed by atoms with E-state index in [0.29, 0.717) is 0 Å². The zero-order chi connectivity index (χ0) is 11.5. The summed E-state index contributed by atoms with van der Waals surface area (Å²) in [5.41, 5.74) is 2.57. The van der Waals surface area contributed by atoms with Crippen LogP contribution in [0.5, 0.6) is 0 Å². The topological polar surface area (TPSA) is 3.24 Å². The van der Waals surface area contributed by atoms with Crippen LogP contribution in [0.4, 0.5) is 5.69 Å². The molecular formula is C13H14BrNS.